The lowest BCUT2D eigenvalue weighted by Crippen LogP contribution is -2.46. The van der Waals surface area contributed by atoms with Gasteiger partial charge in [0.15, 0.2) is 0 Å². The lowest BCUT2D eigenvalue weighted by molar-refractivity contribution is -0.144. The summed E-state index contributed by atoms with van der Waals surface area (Å²) in [6.45, 7) is 10.0. The average molecular weight is 344 g/mol. The number of hydrogen-bond acceptors (Lipinski definition) is 2. The number of likely N-dealkylation sites (tertiary alicyclic amines) is 1. The minimum absolute atomic E-state index is 0.0314. The van der Waals surface area contributed by atoms with Crippen LogP contribution in [0.25, 0.3) is 0 Å². The molecule has 1 aromatic rings. The summed E-state index contributed by atoms with van der Waals surface area (Å²) in [5.41, 5.74) is 2.13. The summed E-state index contributed by atoms with van der Waals surface area (Å²) in [6, 6.07) is 8.47. The topological polar surface area (TPSA) is 40.6 Å². The van der Waals surface area contributed by atoms with E-state index in [0.29, 0.717) is 19.6 Å². The van der Waals surface area contributed by atoms with Crippen molar-refractivity contribution < 1.29 is 9.59 Å². The van der Waals surface area contributed by atoms with Crippen LogP contribution in [0.4, 0.5) is 0 Å². The highest BCUT2D eigenvalue weighted by atomic mass is 16.2. The predicted molar refractivity (Wildman–Crippen MR) is 101 cm³/mol. The lowest BCUT2D eigenvalue weighted by atomic mass is 9.90. The average Bonchev–Trinajstić information content (AvgIpc) is 2.60. The van der Waals surface area contributed by atoms with Gasteiger partial charge in [0.25, 0.3) is 0 Å². The van der Waals surface area contributed by atoms with Crippen molar-refractivity contribution in [3.63, 3.8) is 0 Å². The van der Waals surface area contributed by atoms with E-state index >= 15 is 0 Å². The molecule has 0 N–H and O–H groups in total. The second kappa shape index (κ2) is 8.03. The summed E-state index contributed by atoms with van der Waals surface area (Å²) >= 11 is 0. The number of amides is 2. The first kappa shape index (κ1) is 19.5. The quantitative estimate of drug-likeness (QED) is 0.839. The number of hydrogen-bond donors (Lipinski definition) is 0. The fourth-order valence-corrected chi connectivity index (χ4v) is 3.35. The van der Waals surface area contributed by atoms with E-state index in [1.165, 1.54) is 5.56 Å². The highest BCUT2D eigenvalue weighted by Crippen LogP contribution is 2.25. The van der Waals surface area contributed by atoms with Crippen LogP contribution in [0.1, 0.15) is 51.7 Å². The summed E-state index contributed by atoms with van der Waals surface area (Å²) < 4.78 is 0. The van der Waals surface area contributed by atoms with Crippen molar-refractivity contribution in [3.05, 3.63) is 35.4 Å². The molecule has 0 aliphatic carbocycles. The third kappa shape index (κ3) is 5.07. The van der Waals surface area contributed by atoms with Crippen LogP contribution in [-0.4, -0.2) is 41.8 Å². The Hall–Kier alpha value is -1.84. The van der Waals surface area contributed by atoms with Crippen molar-refractivity contribution >= 4 is 11.8 Å². The Morgan fingerprint density at radius 1 is 1.08 bits per heavy atom. The Bertz CT molecular complexity index is 593. The summed E-state index contributed by atoms with van der Waals surface area (Å²) in [5.74, 6) is 0.411. The minimum Gasteiger partial charge on any atom is -0.342 e. The zero-order valence-electron chi connectivity index (χ0n) is 16.3. The van der Waals surface area contributed by atoms with Crippen LogP contribution in [0.15, 0.2) is 24.3 Å². The molecule has 1 heterocycles. The fraction of sp³-hybridized carbons (Fsp3) is 0.619. The van der Waals surface area contributed by atoms with E-state index in [-0.39, 0.29) is 23.1 Å². The summed E-state index contributed by atoms with van der Waals surface area (Å²) in [6.07, 6.45) is 2.56. The zero-order chi connectivity index (χ0) is 18.6. The molecule has 0 bridgehead atoms. The van der Waals surface area contributed by atoms with Crippen molar-refractivity contribution in [1.29, 1.82) is 0 Å². The summed E-state index contributed by atoms with van der Waals surface area (Å²) in [7, 11) is 1.88. The van der Waals surface area contributed by atoms with E-state index in [4.69, 9.17) is 0 Å². The second-order valence-electron chi connectivity index (χ2n) is 8.18. The number of aryl methyl sites for hydroxylation is 1. The van der Waals surface area contributed by atoms with Gasteiger partial charge >= 0.3 is 0 Å². The Morgan fingerprint density at radius 3 is 2.08 bits per heavy atom. The maximum atomic E-state index is 12.7. The van der Waals surface area contributed by atoms with Crippen LogP contribution in [0.3, 0.4) is 0 Å². The van der Waals surface area contributed by atoms with Crippen LogP contribution >= 0.6 is 0 Å². The van der Waals surface area contributed by atoms with E-state index in [2.05, 4.69) is 31.2 Å². The normalized spacial score (nSPS) is 16.0. The van der Waals surface area contributed by atoms with Gasteiger partial charge in [-0.2, -0.15) is 0 Å². The Labute approximate surface area is 152 Å². The SMILES string of the molecule is CCc1ccc(CN(C)C(=O)C2CCN(C(=O)C(C)(C)C)CC2)cc1. The largest absolute Gasteiger partial charge is 0.342 e. The van der Waals surface area contributed by atoms with E-state index in [1.807, 2.05) is 37.6 Å². The molecule has 0 spiro atoms. The van der Waals surface area contributed by atoms with Crippen LogP contribution in [0.5, 0.6) is 0 Å². The van der Waals surface area contributed by atoms with Crippen molar-refractivity contribution in [3.8, 4) is 0 Å². The van der Waals surface area contributed by atoms with Crippen molar-refractivity contribution in [2.24, 2.45) is 11.3 Å². The van der Waals surface area contributed by atoms with Gasteiger partial charge in [-0.25, -0.2) is 0 Å². The van der Waals surface area contributed by atoms with Crippen molar-refractivity contribution in [2.75, 3.05) is 20.1 Å². The lowest BCUT2D eigenvalue weighted by Gasteiger charge is -2.36. The molecule has 0 unspecified atom stereocenters. The molecular formula is C21H32N2O2. The van der Waals surface area contributed by atoms with Gasteiger partial charge in [-0.3, -0.25) is 9.59 Å². The van der Waals surface area contributed by atoms with E-state index in [9.17, 15) is 9.59 Å². The molecule has 2 amide bonds. The third-order valence-electron chi connectivity index (χ3n) is 5.00. The summed E-state index contributed by atoms with van der Waals surface area (Å²) in [4.78, 5) is 28.8. The van der Waals surface area contributed by atoms with E-state index in [1.54, 1.807) is 0 Å². The molecule has 4 heteroatoms. The van der Waals surface area contributed by atoms with Gasteiger partial charge < -0.3 is 9.80 Å². The van der Waals surface area contributed by atoms with Gasteiger partial charge in [0.2, 0.25) is 11.8 Å². The monoisotopic (exact) mass is 344 g/mol. The van der Waals surface area contributed by atoms with Crippen LogP contribution in [0.2, 0.25) is 0 Å². The first-order valence-corrected chi connectivity index (χ1v) is 9.34. The molecule has 138 valence electrons. The molecule has 1 aliphatic heterocycles. The zero-order valence-corrected chi connectivity index (χ0v) is 16.3. The number of nitrogens with zero attached hydrogens (tertiary/aromatic N) is 2. The van der Waals surface area contributed by atoms with Crippen LogP contribution in [0, 0.1) is 11.3 Å². The molecular weight excluding hydrogens is 312 g/mol. The van der Waals surface area contributed by atoms with Gasteiger partial charge in [-0.15, -0.1) is 0 Å². The highest BCUT2D eigenvalue weighted by molar-refractivity contribution is 5.82. The maximum absolute atomic E-state index is 12.7. The fourth-order valence-electron chi connectivity index (χ4n) is 3.35. The van der Waals surface area contributed by atoms with Crippen LogP contribution in [-0.2, 0) is 22.6 Å². The van der Waals surface area contributed by atoms with Gasteiger partial charge in [-0.1, -0.05) is 52.0 Å². The van der Waals surface area contributed by atoms with Gasteiger partial charge in [0, 0.05) is 38.0 Å². The van der Waals surface area contributed by atoms with Gasteiger partial charge in [-0.05, 0) is 30.4 Å². The van der Waals surface area contributed by atoms with Gasteiger partial charge in [0.05, 0.1) is 0 Å². The number of carbonyl (C=O) groups is 2. The van der Waals surface area contributed by atoms with Gasteiger partial charge in [0.1, 0.15) is 0 Å². The number of piperidine rings is 1. The molecule has 1 aliphatic rings. The Kier molecular flexibility index (Phi) is 6.26. The molecule has 1 saturated heterocycles. The Balaban J connectivity index is 1.87. The third-order valence-corrected chi connectivity index (χ3v) is 5.00. The number of benzene rings is 1. The number of carbonyl (C=O) groups excluding carboxylic acids is 2. The molecule has 1 fully saturated rings. The Morgan fingerprint density at radius 2 is 1.60 bits per heavy atom. The van der Waals surface area contributed by atoms with Crippen molar-refractivity contribution in [2.45, 2.75) is 53.5 Å². The van der Waals surface area contributed by atoms with E-state index < -0.39 is 0 Å². The van der Waals surface area contributed by atoms with Crippen LogP contribution < -0.4 is 0 Å². The predicted octanol–water partition coefficient (Wildman–Crippen LogP) is 3.49. The van der Waals surface area contributed by atoms with E-state index in [0.717, 1.165) is 24.8 Å². The second-order valence-corrected chi connectivity index (χ2v) is 8.18. The molecule has 4 nitrogen and oxygen atoms in total. The molecule has 2 rings (SSSR count). The number of rotatable bonds is 4. The molecule has 0 saturated carbocycles. The molecule has 0 radical (unpaired) electrons. The molecule has 0 atom stereocenters. The highest BCUT2D eigenvalue weighted by Gasteiger charge is 2.33. The molecule has 1 aromatic carbocycles. The molecule has 0 aromatic heterocycles. The standard InChI is InChI=1S/C21H32N2O2/c1-6-16-7-9-17(10-8-16)15-22(5)19(24)18-11-13-23(14-12-18)20(25)21(2,3)4/h7-10,18H,6,11-15H2,1-5H3. The first-order valence-electron chi connectivity index (χ1n) is 9.34. The summed E-state index contributed by atoms with van der Waals surface area (Å²) in [5, 5.41) is 0. The first-order chi connectivity index (χ1) is 11.7. The minimum atomic E-state index is -0.349. The van der Waals surface area contributed by atoms with Crippen molar-refractivity contribution in [1.82, 2.24) is 9.80 Å². The maximum Gasteiger partial charge on any atom is 0.227 e. The molecule has 25 heavy (non-hydrogen) atoms. The smallest absolute Gasteiger partial charge is 0.227 e.